The fraction of sp³-hybridized carbons (Fsp3) is 1.00. The van der Waals surface area contributed by atoms with Crippen molar-refractivity contribution < 1.29 is 17.9 Å². The molecule has 18 heavy (non-hydrogen) atoms. The van der Waals surface area contributed by atoms with Crippen LogP contribution in [-0.2, 0) is 19.5 Å². The van der Waals surface area contributed by atoms with E-state index < -0.39 is 10.0 Å². The molecule has 0 saturated carbocycles. The third kappa shape index (κ3) is 7.99. The van der Waals surface area contributed by atoms with Gasteiger partial charge in [-0.3, -0.25) is 0 Å². The summed E-state index contributed by atoms with van der Waals surface area (Å²) in [6.07, 6.45) is 0.685. The first kappa shape index (κ1) is 17.8. The fourth-order valence-corrected chi connectivity index (χ4v) is 2.69. The average molecular weight is 282 g/mol. The van der Waals surface area contributed by atoms with Crippen molar-refractivity contribution in [1.29, 1.82) is 0 Å². The van der Waals surface area contributed by atoms with Gasteiger partial charge in [0.15, 0.2) is 0 Å². The van der Waals surface area contributed by atoms with Crippen molar-refractivity contribution in [3.63, 3.8) is 0 Å². The van der Waals surface area contributed by atoms with Crippen LogP contribution in [0.1, 0.15) is 20.3 Å². The van der Waals surface area contributed by atoms with Crippen LogP contribution in [0.2, 0.25) is 0 Å². The van der Waals surface area contributed by atoms with E-state index in [1.54, 1.807) is 7.11 Å². The fourth-order valence-electron chi connectivity index (χ4n) is 1.37. The first-order valence-electron chi connectivity index (χ1n) is 6.22. The molecule has 0 aromatic heterocycles. The monoisotopic (exact) mass is 282 g/mol. The summed E-state index contributed by atoms with van der Waals surface area (Å²) < 4.78 is 35.8. The minimum absolute atomic E-state index is 0.000530. The van der Waals surface area contributed by atoms with Crippen LogP contribution in [0, 0.1) is 0 Å². The van der Waals surface area contributed by atoms with E-state index in [9.17, 15) is 8.42 Å². The molecule has 0 atom stereocenters. The third-order valence-corrected chi connectivity index (χ3v) is 4.18. The molecule has 0 spiro atoms. The van der Waals surface area contributed by atoms with Crippen molar-refractivity contribution in [2.75, 3.05) is 45.7 Å². The van der Waals surface area contributed by atoms with Crippen molar-refractivity contribution in [2.24, 2.45) is 5.73 Å². The van der Waals surface area contributed by atoms with Crippen molar-refractivity contribution >= 4 is 10.0 Å². The van der Waals surface area contributed by atoms with Gasteiger partial charge in [0.2, 0.25) is 10.0 Å². The van der Waals surface area contributed by atoms with Gasteiger partial charge in [0.25, 0.3) is 0 Å². The van der Waals surface area contributed by atoms with E-state index in [4.69, 9.17) is 15.2 Å². The Morgan fingerprint density at radius 1 is 1.22 bits per heavy atom. The SMILES string of the molecule is COCCN(CCCN)S(=O)(=O)CCOC(C)C. The maximum atomic E-state index is 12.1. The third-order valence-electron chi connectivity index (χ3n) is 2.34. The van der Waals surface area contributed by atoms with Crippen LogP contribution in [0.25, 0.3) is 0 Å². The van der Waals surface area contributed by atoms with E-state index >= 15 is 0 Å². The minimum Gasteiger partial charge on any atom is -0.383 e. The highest BCUT2D eigenvalue weighted by atomic mass is 32.2. The average Bonchev–Trinajstić information content (AvgIpc) is 2.28. The second-order valence-electron chi connectivity index (χ2n) is 4.27. The molecule has 0 aromatic rings. The molecule has 2 N–H and O–H groups in total. The standard InChI is InChI=1S/C11H26N2O4S/c1-11(2)17-9-10-18(14,15)13(6-4-5-12)7-8-16-3/h11H,4-10,12H2,1-3H3. The molecule has 0 saturated heterocycles. The molecule has 0 aliphatic rings. The Bertz CT molecular complexity index is 285. The van der Waals surface area contributed by atoms with E-state index in [1.807, 2.05) is 13.8 Å². The van der Waals surface area contributed by atoms with Gasteiger partial charge in [-0.2, -0.15) is 4.31 Å². The molecule has 0 fully saturated rings. The first-order chi connectivity index (χ1) is 8.44. The minimum atomic E-state index is -3.29. The zero-order valence-electron chi connectivity index (χ0n) is 11.6. The summed E-state index contributed by atoms with van der Waals surface area (Å²) in [6, 6.07) is 0. The maximum absolute atomic E-state index is 12.1. The maximum Gasteiger partial charge on any atom is 0.216 e. The Hall–Kier alpha value is -0.210. The van der Waals surface area contributed by atoms with Gasteiger partial charge in [-0.15, -0.1) is 0 Å². The Kier molecular flexibility index (Phi) is 9.57. The lowest BCUT2D eigenvalue weighted by molar-refractivity contribution is 0.0904. The zero-order valence-corrected chi connectivity index (χ0v) is 12.4. The summed E-state index contributed by atoms with van der Waals surface area (Å²) in [7, 11) is -1.74. The highest BCUT2D eigenvalue weighted by Crippen LogP contribution is 2.04. The van der Waals surface area contributed by atoms with Crippen molar-refractivity contribution in [3.05, 3.63) is 0 Å². The predicted molar refractivity (Wildman–Crippen MR) is 72.0 cm³/mol. The summed E-state index contributed by atoms with van der Waals surface area (Å²) in [5, 5.41) is 0. The van der Waals surface area contributed by atoms with Gasteiger partial charge < -0.3 is 15.2 Å². The van der Waals surface area contributed by atoms with Gasteiger partial charge in [0.05, 0.1) is 25.1 Å². The van der Waals surface area contributed by atoms with Crippen LogP contribution in [0.5, 0.6) is 0 Å². The van der Waals surface area contributed by atoms with Gasteiger partial charge in [0, 0.05) is 20.2 Å². The number of hydrogen-bond donors (Lipinski definition) is 1. The van der Waals surface area contributed by atoms with Gasteiger partial charge in [-0.25, -0.2) is 8.42 Å². The predicted octanol–water partition coefficient (Wildman–Crippen LogP) is 0.0384. The molecular formula is C11H26N2O4S. The van der Waals surface area contributed by atoms with E-state index in [-0.39, 0.29) is 18.5 Å². The van der Waals surface area contributed by atoms with Crippen LogP contribution >= 0.6 is 0 Å². The van der Waals surface area contributed by atoms with Gasteiger partial charge in [-0.05, 0) is 26.8 Å². The van der Waals surface area contributed by atoms with Crippen LogP contribution in [0.4, 0.5) is 0 Å². The molecule has 0 aliphatic carbocycles. The van der Waals surface area contributed by atoms with Gasteiger partial charge in [0.1, 0.15) is 0 Å². The number of sulfonamides is 1. The molecular weight excluding hydrogens is 256 g/mol. The van der Waals surface area contributed by atoms with Gasteiger partial charge in [-0.1, -0.05) is 0 Å². The molecule has 0 radical (unpaired) electrons. The quantitative estimate of drug-likeness (QED) is 0.578. The Morgan fingerprint density at radius 3 is 2.39 bits per heavy atom. The Morgan fingerprint density at radius 2 is 1.89 bits per heavy atom. The number of ether oxygens (including phenoxy) is 2. The lowest BCUT2D eigenvalue weighted by Gasteiger charge is -2.21. The molecule has 0 heterocycles. The smallest absolute Gasteiger partial charge is 0.216 e. The lowest BCUT2D eigenvalue weighted by atomic mass is 10.4. The van der Waals surface area contributed by atoms with E-state index in [2.05, 4.69) is 0 Å². The second-order valence-corrected chi connectivity index (χ2v) is 6.36. The van der Waals surface area contributed by atoms with E-state index in [0.717, 1.165) is 0 Å². The van der Waals surface area contributed by atoms with Crippen LogP contribution in [0.3, 0.4) is 0 Å². The largest absolute Gasteiger partial charge is 0.383 e. The number of nitrogens with zero attached hydrogens (tertiary/aromatic N) is 1. The lowest BCUT2D eigenvalue weighted by Crippen LogP contribution is -2.38. The summed E-state index contributed by atoms with van der Waals surface area (Å²) in [6.45, 7) is 5.63. The molecule has 0 aromatic carbocycles. The van der Waals surface area contributed by atoms with Gasteiger partial charge >= 0.3 is 0 Å². The van der Waals surface area contributed by atoms with Crippen molar-refractivity contribution in [1.82, 2.24) is 4.31 Å². The van der Waals surface area contributed by atoms with Crippen LogP contribution in [-0.4, -0.2) is 64.5 Å². The number of rotatable bonds is 11. The molecule has 0 bridgehead atoms. The Labute approximate surface area is 110 Å². The van der Waals surface area contributed by atoms with Crippen molar-refractivity contribution in [2.45, 2.75) is 26.4 Å². The first-order valence-corrected chi connectivity index (χ1v) is 7.83. The number of nitrogens with two attached hydrogens (primary N) is 1. The number of methoxy groups -OCH3 is 1. The summed E-state index contributed by atoms with van der Waals surface area (Å²) in [5.41, 5.74) is 5.41. The molecule has 0 rings (SSSR count). The van der Waals surface area contributed by atoms with Crippen molar-refractivity contribution in [3.8, 4) is 0 Å². The summed E-state index contributed by atoms with van der Waals surface area (Å²) >= 11 is 0. The molecule has 6 nitrogen and oxygen atoms in total. The molecule has 7 heteroatoms. The summed E-state index contributed by atoms with van der Waals surface area (Å²) in [4.78, 5) is 0. The number of hydrogen-bond acceptors (Lipinski definition) is 5. The zero-order chi connectivity index (χ0) is 14.0. The Balaban J connectivity index is 4.33. The van der Waals surface area contributed by atoms with E-state index in [0.29, 0.717) is 32.7 Å². The normalized spacial score (nSPS) is 12.6. The molecule has 0 unspecified atom stereocenters. The summed E-state index contributed by atoms with van der Waals surface area (Å²) in [5.74, 6) is -0.000530. The highest BCUT2D eigenvalue weighted by molar-refractivity contribution is 7.89. The topological polar surface area (TPSA) is 81.9 Å². The van der Waals surface area contributed by atoms with E-state index in [1.165, 1.54) is 4.31 Å². The highest BCUT2D eigenvalue weighted by Gasteiger charge is 2.21. The molecule has 110 valence electrons. The van der Waals surface area contributed by atoms with Crippen LogP contribution in [0.15, 0.2) is 0 Å². The molecule has 0 amide bonds. The second kappa shape index (κ2) is 9.69. The van der Waals surface area contributed by atoms with Crippen LogP contribution < -0.4 is 5.73 Å². The molecule has 0 aliphatic heterocycles.